The Hall–Kier alpha value is -1.08. The van der Waals surface area contributed by atoms with Gasteiger partial charge in [-0.15, -0.1) is 0 Å². The highest BCUT2D eigenvalue weighted by molar-refractivity contribution is 14.1. The topological polar surface area (TPSA) is 54.7 Å². The SMILES string of the molecule is Nc1cc(Br)cc2[nH]c(-c3ccc(I)cc3)nc12. The molecule has 3 rings (SSSR count). The lowest BCUT2D eigenvalue weighted by Gasteiger charge is -1.95. The monoisotopic (exact) mass is 413 g/mol. The molecule has 18 heavy (non-hydrogen) atoms. The van der Waals surface area contributed by atoms with Crippen molar-refractivity contribution in [2.75, 3.05) is 5.73 Å². The minimum absolute atomic E-state index is 0.674. The molecule has 3 aromatic rings. The molecule has 0 saturated carbocycles. The second kappa shape index (κ2) is 4.55. The van der Waals surface area contributed by atoms with Crippen molar-refractivity contribution in [1.29, 1.82) is 0 Å². The van der Waals surface area contributed by atoms with Crippen LogP contribution >= 0.6 is 38.5 Å². The van der Waals surface area contributed by atoms with E-state index in [4.69, 9.17) is 5.73 Å². The average Bonchev–Trinajstić information content (AvgIpc) is 2.74. The third-order valence-corrected chi connectivity index (χ3v) is 3.88. The first-order valence-electron chi connectivity index (χ1n) is 5.34. The Kier molecular flexibility index (Phi) is 3.03. The molecule has 3 nitrogen and oxygen atoms in total. The number of hydrogen-bond acceptors (Lipinski definition) is 2. The fourth-order valence-corrected chi connectivity index (χ4v) is 2.69. The van der Waals surface area contributed by atoms with Crippen LogP contribution < -0.4 is 5.73 Å². The molecule has 5 heteroatoms. The first-order chi connectivity index (χ1) is 8.63. The van der Waals surface area contributed by atoms with Crippen molar-refractivity contribution < 1.29 is 0 Å². The summed E-state index contributed by atoms with van der Waals surface area (Å²) in [5.74, 6) is 0.839. The van der Waals surface area contributed by atoms with Crippen LogP contribution in [-0.2, 0) is 0 Å². The van der Waals surface area contributed by atoms with Gasteiger partial charge in [0.1, 0.15) is 11.3 Å². The second-order valence-corrected chi connectivity index (χ2v) is 6.14. The Morgan fingerprint density at radius 1 is 1.17 bits per heavy atom. The molecule has 0 saturated heterocycles. The zero-order valence-electron chi connectivity index (χ0n) is 9.24. The molecule has 1 heterocycles. The maximum absolute atomic E-state index is 5.96. The van der Waals surface area contributed by atoms with E-state index in [-0.39, 0.29) is 0 Å². The minimum Gasteiger partial charge on any atom is -0.397 e. The molecule has 0 spiro atoms. The Morgan fingerprint density at radius 2 is 1.89 bits per heavy atom. The number of H-pyrrole nitrogens is 1. The molecule has 0 aliphatic heterocycles. The predicted molar refractivity (Wildman–Crippen MR) is 86.4 cm³/mol. The van der Waals surface area contributed by atoms with Gasteiger partial charge in [0.2, 0.25) is 0 Å². The van der Waals surface area contributed by atoms with Gasteiger partial charge in [0, 0.05) is 13.6 Å². The van der Waals surface area contributed by atoms with E-state index < -0.39 is 0 Å². The summed E-state index contributed by atoms with van der Waals surface area (Å²) >= 11 is 5.71. The maximum atomic E-state index is 5.96. The van der Waals surface area contributed by atoms with Crippen LogP contribution in [-0.4, -0.2) is 9.97 Å². The molecule has 0 aliphatic carbocycles. The molecule has 0 bridgehead atoms. The third-order valence-electron chi connectivity index (χ3n) is 2.70. The fourth-order valence-electron chi connectivity index (χ4n) is 1.85. The minimum atomic E-state index is 0.674. The lowest BCUT2D eigenvalue weighted by atomic mass is 10.2. The smallest absolute Gasteiger partial charge is 0.138 e. The highest BCUT2D eigenvalue weighted by atomic mass is 127. The van der Waals surface area contributed by atoms with Gasteiger partial charge in [0.15, 0.2) is 0 Å². The van der Waals surface area contributed by atoms with Crippen LogP contribution in [0.3, 0.4) is 0 Å². The summed E-state index contributed by atoms with van der Waals surface area (Å²) < 4.78 is 2.15. The van der Waals surface area contributed by atoms with E-state index in [1.165, 1.54) is 3.57 Å². The number of nitrogens with two attached hydrogens (primary N) is 1. The summed E-state index contributed by atoms with van der Waals surface area (Å²) in [6.45, 7) is 0. The summed E-state index contributed by atoms with van der Waals surface area (Å²) in [6.07, 6.45) is 0. The van der Waals surface area contributed by atoms with Gasteiger partial charge in [-0.2, -0.15) is 0 Å². The molecule has 0 aliphatic rings. The van der Waals surface area contributed by atoms with E-state index in [2.05, 4.69) is 60.6 Å². The quantitative estimate of drug-likeness (QED) is 0.464. The van der Waals surface area contributed by atoms with Gasteiger partial charge < -0.3 is 10.7 Å². The number of benzene rings is 2. The van der Waals surface area contributed by atoms with Gasteiger partial charge in [0.25, 0.3) is 0 Å². The van der Waals surface area contributed by atoms with Crippen molar-refractivity contribution in [3.63, 3.8) is 0 Å². The Balaban J connectivity index is 2.19. The van der Waals surface area contributed by atoms with E-state index in [9.17, 15) is 0 Å². The molecule has 0 atom stereocenters. The molecule has 0 amide bonds. The van der Waals surface area contributed by atoms with Gasteiger partial charge in [0.05, 0.1) is 11.2 Å². The molecule has 2 aromatic carbocycles. The summed E-state index contributed by atoms with van der Waals surface area (Å²) in [4.78, 5) is 7.84. The van der Waals surface area contributed by atoms with Gasteiger partial charge in [-0.25, -0.2) is 4.98 Å². The van der Waals surface area contributed by atoms with Crippen molar-refractivity contribution in [2.24, 2.45) is 0 Å². The molecular formula is C13H9BrIN3. The lowest BCUT2D eigenvalue weighted by Crippen LogP contribution is -1.86. The normalized spacial score (nSPS) is 11.0. The molecule has 3 N–H and O–H groups in total. The number of nitrogens with one attached hydrogen (secondary N) is 1. The van der Waals surface area contributed by atoms with Gasteiger partial charge in [-0.3, -0.25) is 0 Å². The van der Waals surface area contributed by atoms with E-state index in [0.717, 1.165) is 26.9 Å². The summed E-state index contributed by atoms with van der Waals surface area (Å²) in [6, 6.07) is 12.1. The standard InChI is InChI=1S/C13H9BrIN3/c14-8-5-10(16)12-11(6-8)17-13(18-12)7-1-3-9(15)4-2-7/h1-6H,16H2,(H,17,18). The number of nitrogen functional groups attached to an aromatic ring is 1. The number of anilines is 1. The number of halogens is 2. The van der Waals surface area contributed by atoms with E-state index >= 15 is 0 Å². The van der Waals surface area contributed by atoms with Crippen molar-refractivity contribution >= 4 is 55.2 Å². The highest BCUT2D eigenvalue weighted by Crippen LogP contribution is 2.27. The number of fused-ring (bicyclic) bond motifs is 1. The van der Waals surface area contributed by atoms with Crippen LogP contribution in [0.5, 0.6) is 0 Å². The van der Waals surface area contributed by atoms with Crippen molar-refractivity contribution in [3.8, 4) is 11.4 Å². The molecule has 0 unspecified atom stereocenters. The van der Waals surface area contributed by atoms with E-state index in [0.29, 0.717) is 5.69 Å². The van der Waals surface area contributed by atoms with Crippen LogP contribution in [0.15, 0.2) is 40.9 Å². The van der Waals surface area contributed by atoms with Gasteiger partial charge in [-0.05, 0) is 46.9 Å². The van der Waals surface area contributed by atoms with Crippen LogP contribution in [0.2, 0.25) is 0 Å². The molecular weight excluding hydrogens is 405 g/mol. The van der Waals surface area contributed by atoms with Crippen molar-refractivity contribution in [3.05, 3.63) is 44.4 Å². The number of aromatic amines is 1. The van der Waals surface area contributed by atoms with E-state index in [1.54, 1.807) is 0 Å². The number of aromatic nitrogens is 2. The zero-order valence-corrected chi connectivity index (χ0v) is 13.0. The molecule has 1 aromatic heterocycles. The van der Waals surface area contributed by atoms with Crippen LogP contribution in [0.4, 0.5) is 5.69 Å². The number of nitrogens with zero attached hydrogens (tertiary/aromatic N) is 1. The Bertz CT molecular complexity index is 719. The lowest BCUT2D eigenvalue weighted by molar-refractivity contribution is 1.33. The second-order valence-electron chi connectivity index (χ2n) is 3.98. The fraction of sp³-hybridized carbons (Fsp3) is 0. The first kappa shape index (κ1) is 12.0. The summed E-state index contributed by atoms with van der Waals surface area (Å²) in [7, 11) is 0. The first-order valence-corrected chi connectivity index (χ1v) is 7.21. The summed E-state index contributed by atoms with van der Waals surface area (Å²) in [5.41, 5.74) is 9.44. The van der Waals surface area contributed by atoms with Crippen LogP contribution in [0.1, 0.15) is 0 Å². The predicted octanol–water partition coefficient (Wildman–Crippen LogP) is 4.18. The average molecular weight is 414 g/mol. The van der Waals surface area contributed by atoms with Crippen LogP contribution in [0.25, 0.3) is 22.4 Å². The van der Waals surface area contributed by atoms with Crippen molar-refractivity contribution in [1.82, 2.24) is 9.97 Å². The van der Waals surface area contributed by atoms with E-state index in [1.807, 2.05) is 24.3 Å². The summed E-state index contributed by atoms with van der Waals surface area (Å²) in [5, 5.41) is 0. The number of hydrogen-bond donors (Lipinski definition) is 2. The zero-order chi connectivity index (χ0) is 12.7. The molecule has 0 fully saturated rings. The highest BCUT2D eigenvalue weighted by Gasteiger charge is 2.08. The van der Waals surface area contributed by atoms with Gasteiger partial charge in [-0.1, -0.05) is 28.1 Å². The molecule has 90 valence electrons. The number of imidazole rings is 1. The van der Waals surface area contributed by atoms with Gasteiger partial charge >= 0.3 is 0 Å². The maximum Gasteiger partial charge on any atom is 0.138 e. The van der Waals surface area contributed by atoms with Crippen LogP contribution in [0, 0.1) is 3.57 Å². The largest absolute Gasteiger partial charge is 0.397 e. The number of rotatable bonds is 1. The Morgan fingerprint density at radius 3 is 2.61 bits per heavy atom. The third kappa shape index (κ3) is 2.12. The molecule has 0 radical (unpaired) electrons. The van der Waals surface area contributed by atoms with Crippen molar-refractivity contribution in [2.45, 2.75) is 0 Å². The Labute approximate surface area is 126 Å².